The maximum Gasteiger partial charge on any atom is 0.160 e. The van der Waals surface area contributed by atoms with E-state index in [1.807, 2.05) is 18.2 Å². The highest BCUT2D eigenvalue weighted by Crippen LogP contribution is 2.54. The molecule has 0 atom stereocenters. The molecular formula is C55H38N2. The molecule has 0 radical (unpaired) electrons. The first-order valence-electron chi connectivity index (χ1n) is 19.7. The Hall–Kier alpha value is -7.16. The predicted octanol–water partition coefficient (Wildman–Crippen LogP) is 14.6. The highest BCUT2D eigenvalue weighted by atomic mass is 14.9. The smallest absolute Gasteiger partial charge is 0.160 e. The van der Waals surface area contributed by atoms with Gasteiger partial charge in [-0.25, -0.2) is 9.97 Å². The van der Waals surface area contributed by atoms with Gasteiger partial charge in [-0.3, -0.25) is 0 Å². The molecule has 0 unspecified atom stereocenters. The number of nitrogens with zero attached hydrogens (tertiary/aromatic N) is 2. The third kappa shape index (κ3) is 5.40. The van der Waals surface area contributed by atoms with Crippen LogP contribution in [0.5, 0.6) is 0 Å². The molecule has 0 bridgehead atoms. The van der Waals surface area contributed by atoms with Crippen LogP contribution in [-0.4, -0.2) is 9.97 Å². The standard InChI is InChI=1S/C55H38N2/c1-55(2)49-22-12-21-43(52(49)48-30-29-36-14-8-9-18-44(36)53(48)55)38-26-24-37(25-27-38)42-31-32-47(46-20-11-10-19-45(42)46)51-34-50(56-54(57-51)39-15-4-3-5-16-39)41-28-23-35-13-6-7-17-40(35)33-41/h3-34H,1-2H3. The molecule has 0 spiro atoms. The van der Waals surface area contributed by atoms with Gasteiger partial charge in [-0.2, -0.15) is 0 Å². The second-order valence-electron chi connectivity index (χ2n) is 15.7. The fourth-order valence-electron chi connectivity index (χ4n) is 9.29. The molecule has 1 aliphatic carbocycles. The summed E-state index contributed by atoms with van der Waals surface area (Å²) in [7, 11) is 0. The van der Waals surface area contributed by atoms with Gasteiger partial charge in [-0.05, 0) is 89.0 Å². The van der Waals surface area contributed by atoms with E-state index in [0.717, 1.165) is 33.5 Å². The van der Waals surface area contributed by atoms with Crippen LogP contribution in [0.15, 0.2) is 194 Å². The summed E-state index contributed by atoms with van der Waals surface area (Å²) in [6.07, 6.45) is 0. The van der Waals surface area contributed by atoms with Crippen molar-refractivity contribution in [2.45, 2.75) is 19.3 Å². The number of benzene rings is 9. The number of rotatable bonds is 5. The highest BCUT2D eigenvalue weighted by molar-refractivity contribution is 6.06. The van der Waals surface area contributed by atoms with Crippen molar-refractivity contribution in [2.24, 2.45) is 0 Å². The summed E-state index contributed by atoms with van der Waals surface area (Å²) in [5.74, 6) is 0.714. The summed E-state index contributed by atoms with van der Waals surface area (Å²) in [5, 5.41) is 7.39. The summed E-state index contributed by atoms with van der Waals surface area (Å²) < 4.78 is 0. The van der Waals surface area contributed by atoms with Crippen molar-refractivity contribution in [3.05, 3.63) is 205 Å². The zero-order valence-corrected chi connectivity index (χ0v) is 31.9. The number of hydrogen-bond acceptors (Lipinski definition) is 2. The first-order chi connectivity index (χ1) is 28.0. The van der Waals surface area contributed by atoms with Crippen LogP contribution < -0.4 is 0 Å². The lowest BCUT2D eigenvalue weighted by molar-refractivity contribution is 0.666. The van der Waals surface area contributed by atoms with Crippen LogP contribution in [-0.2, 0) is 5.41 Å². The second-order valence-corrected chi connectivity index (χ2v) is 15.7. The van der Waals surface area contributed by atoms with E-state index >= 15 is 0 Å². The Balaban J connectivity index is 1.01. The van der Waals surface area contributed by atoms with Gasteiger partial charge < -0.3 is 0 Å². The van der Waals surface area contributed by atoms with Crippen molar-refractivity contribution in [1.82, 2.24) is 9.97 Å². The van der Waals surface area contributed by atoms with Crippen molar-refractivity contribution in [3.63, 3.8) is 0 Å². The fraction of sp³-hybridized carbons (Fsp3) is 0.0545. The van der Waals surface area contributed by atoms with Crippen molar-refractivity contribution >= 4 is 32.3 Å². The van der Waals surface area contributed by atoms with E-state index in [9.17, 15) is 0 Å². The molecule has 0 saturated heterocycles. The summed E-state index contributed by atoms with van der Waals surface area (Å²) in [5.41, 5.74) is 15.3. The highest BCUT2D eigenvalue weighted by Gasteiger charge is 2.38. The minimum Gasteiger partial charge on any atom is -0.228 e. The Labute approximate surface area is 332 Å². The zero-order valence-electron chi connectivity index (χ0n) is 31.9. The van der Waals surface area contributed by atoms with Gasteiger partial charge in [0.2, 0.25) is 0 Å². The molecule has 0 saturated carbocycles. The van der Waals surface area contributed by atoms with Crippen molar-refractivity contribution in [2.75, 3.05) is 0 Å². The quantitative estimate of drug-likeness (QED) is 0.176. The SMILES string of the molecule is CC1(C)c2cccc(-c3ccc(-c4ccc(-c5cc(-c6ccc7ccccc7c6)nc(-c6ccccc6)n5)c5ccccc45)cc3)c2-c2ccc3ccccc3c21. The topological polar surface area (TPSA) is 25.8 Å². The third-order valence-electron chi connectivity index (χ3n) is 12.1. The lowest BCUT2D eigenvalue weighted by atomic mass is 9.80. The van der Waals surface area contributed by atoms with Gasteiger partial charge in [-0.15, -0.1) is 0 Å². The van der Waals surface area contributed by atoms with Gasteiger partial charge in [0, 0.05) is 22.1 Å². The molecule has 57 heavy (non-hydrogen) atoms. The van der Waals surface area contributed by atoms with Crippen LogP contribution in [0.2, 0.25) is 0 Å². The summed E-state index contributed by atoms with van der Waals surface area (Å²) in [6.45, 7) is 4.75. The first kappa shape index (κ1) is 33.2. The van der Waals surface area contributed by atoms with E-state index in [-0.39, 0.29) is 5.41 Å². The van der Waals surface area contributed by atoms with E-state index in [1.54, 1.807) is 0 Å². The van der Waals surface area contributed by atoms with Crippen molar-refractivity contribution < 1.29 is 0 Å². The van der Waals surface area contributed by atoms with Gasteiger partial charge in [0.25, 0.3) is 0 Å². The average Bonchev–Trinajstić information content (AvgIpc) is 3.52. The molecule has 11 rings (SSSR count). The van der Waals surface area contributed by atoms with E-state index in [2.05, 4.69) is 190 Å². The molecule has 0 fully saturated rings. The van der Waals surface area contributed by atoms with E-state index in [1.165, 1.54) is 71.4 Å². The molecule has 1 heterocycles. The maximum atomic E-state index is 5.22. The second kappa shape index (κ2) is 13.0. The molecular weight excluding hydrogens is 689 g/mol. The van der Waals surface area contributed by atoms with Crippen LogP contribution in [0.1, 0.15) is 25.0 Å². The predicted molar refractivity (Wildman–Crippen MR) is 239 cm³/mol. The van der Waals surface area contributed by atoms with Crippen molar-refractivity contribution in [1.29, 1.82) is 0 Å². The average molecular weight is 727 g/mol. The molecule has 0 amide bonds. The molecule has 268 valence electrons. The summed E-state index contributed by atoms with van der Waals surface area (Å²) >= 11 is 0. The van der Waals surface area contributed by atoms with Gasteiger partial charge >= 0.3 is 0 Å². The Morgan fingerprint density at radius 2 is 0.930 bits per heavy atom. The summed E-state index contributed by atoms with van der Waals surface area (Å²) in [4.78, 5) is 10.3. The monoisotopic (exact) mass is 726 g/mol. The Bertz CT molecular complexity index is 3190. The molecule has 0 aliphatic heterocycles. The Morgan fingerprint density at radius 3 is 1.72 bits per heavy atom. The zero-order chi connectivity index (χ0) is 38.1. The Morgan fingerprint density at radius 1 is 0.351 bits per heavy atom. The lowest BCUT2D eigenvalue weighted by Gasteiger charge is -2.23. The molecule has 10 aromatic rings. The van der Waals surface area contributed by atoms with Crippen LogP contribution >= 0.6 is 0 Å². The normalized spacial score (nSPS) is 12.9. The molecule has 1 aliphatic rings. The van der Waals surface area contributed by atoms with Gasteiger partial charge in [0.15, 0.2) is 5.82 Å². The fourth-order valence-corrected chi connectivity index (χ4v) is 9.29. The van der Waals surface area contributed by atoms with Crippen LogP contribution in [0, 0.1) is 0 Å². The van der Waals surface area contributed by atoms with Crippen LogP contribution in [0.4, 0.5) is 0 Å². The molecule has 9 aromatic carbocycles. The summed E-state index contributed by atoms with van der Waals surface area (Å²) in [6, 6.07) is 70.1. The number of fused-ring (bicyclic) bond motifs is 7. The molecule has 0 N–H and O–H groups in total. The largest absolute Gasteiger partial charge is 0.228 e. The Kier molecular flexibility index (Phi) is 7.55. The van der Waals surface area contributed by atoms with Crippen LogP contribution in [0.25, 0.3) is 99.6 Å². The van der Waals surface area contributed by atoms with E-state index in [0.29, 0.717) is 5.82 Å². The van der Waals surface area contributed by atoms with E-state index < -0.39 is 0 Å². The molecule has 1 aromatic heterocycles. The lowest BCUT2D eigenvalue weighted by Crippen LogP contribution is -2.15. The maximum absolute atomic E-state index is 5.22. The first-order valence-corrected chi connectivity index (χ1v) is 19.7. The van der Waals surface area contributed by atoms with Gasteiger partial charge in [-0.1, -0.05) is 196 Å². The van der Waals surface area contributed by atoms with E-state index in [4.69, 9.17) is 9.97 Å². The number of hydrogen-bond donors (Lipinski definition) is 0. The minimum atomic E-state index is -0.0933. The number of aromatic nitrogens is 2. The van der Waals surface area contributed by atoms with Crippen molar-refractivity contribution in [3.8, 4) is 67.3 Å². The molecule has 2 nitrogen and oxygen atoms in total. The minimum absolute atomic E-state index is 0.0933. The van der Waals surface area contributed by atoms with Gasteiger partial charge in [0.1, 0.15) is 0 Å². The molecule has 2 heteroatoms. The van der Waals surface area contributed by atoms with Crippen LogP contribution in [0.3, 0.4) is 0 Å². The van der Waals surface area contributed by atoms with Gasteiger partial charge in [0.05, 0.1) is 11.4 Å². The third-order valence-corrected chi connectivity index (χ3v) is 12.1.